The second kappa shape index (κ2) is 5.14. The van der Waals surface area contributed by atoms with Crippen LogP contribution in [0.4, 0.5) is 11.6 Å². The van der Waals surface area contributed by atoms with E-state index in [1.807, 2.05) is 6.92 Å². The summed E-state index contributed by atoms with van der Waals surface area (Å²) >= 11 is 3.46. The number of halogens is 1. The fourth-order valence-electron chi connectivity index (χ4n) is 1.03. The highest BCUT2D eigenvalue weighted by Crippen LogP contribution is 2.26. The Morgan fingerprint density at radius 2 is 2.00 bits per heavy atom. The van der Waals surface area contributed by atoms with E-state index in [9.17, 15) is 0 Å². The molecule has 2 N–H and O–H groups in total. The predicted octanol–water partition coefficient (Wildman–Crippen LogP) is 2.49. The summed E-state index contributed by atoms with van der Waals surface area (Å²) < 4.78 is 0.885. The maximum atomic E-state index is 4.15. The summed E-state index contributed by atoms with van der Waals surface area (Å²) in [4.78, 5) is 8.28. The largest absolute Gasteiger partial charge is 0.369 e. The van der Waals surface area contributed by atoms with Crippen LogP contribution in [0.15, 0.2) is 10.8 Å². The van der Waals surface area contributed by atoms with Crippen molar-refractivity contribution < 1.29 is 0 Å². The van der Waals surface area contributed by atoms with E-state index in [0.717, 1.165) is 22.7 Å². The van der Waals surface area contributed by atoms with Crippen LogP contribution >= 0.6 is 15.9 Å². The van der Waals surface area contributed by atoms with E-state index in [4.69, 9.17) is 0 Å². The van der Waals surface area contributed by atoms with Crippen molar-refractivity contribution in [1.29, 1.82) is 0 Å². The van der Waals surface area contributed by atoms with E-state index in [-0.39, 0.29) is 0 Å². The number of nitrogens with one attached hydrogen (secondary N) is 2. The minimum absolute atomic E-state index is 0.357. The molecule has 0 unspecified atom stereocenters. The fraction of sp³-hybridized carbons (Fsp3) is 0.556. The first-order valence-electron chi connectivity index (χ1n) is 4.66. The molecular formula is C9H15BrN4. The van der Waals surface area contributed by atoms with E-state index in [1.54, 1.807) is 6.33 Å². The first kappa shape index (κ1) is 11.2. The van der Waals surface area contributed by atoms with Crippen LogP contribution in [0, 0.1) is 0 Å². The van der Waals surface area contributed by atoms with Gasteiger partial charge in [0.1, 0.15) is 22.4 Å². The van der Waals surface area contributed by atoms with Crippen LogP contribution in [0.1, 0.15) is 20.8 Å². The molecule has 0 atom stereocenters. The second-order valence-electron chi connectivity index (χ2n) is 3.21. The monoisotopic (exact) mass is 258 g/mol. The summed E-state index contributed by atoms with van der Waals surface area (Å²) in [5.41, 5.74) is 0. The molecule has 5 heteroatoms. The van der Waals surface area contributed by atoms with Crippen LogP contribution in [0.3, 0.4) is 0 Å². The lowest BCUT2D eigenvalue weighted by molar-refractivity contribution is 0.884. The van der Waals surface area contributed by atoms with Gasteiger partial charge in [-0.25, -0.2) is 9.97 Å². The lowest BCUT2D eigenvalue weighted by Crippen LogP contribution is -2.13. The second-order valence-corrected chi connectivity index (χ2v) is 4.01. The van der Waals surface area contributed by atoms with Crippen LogP contribution in [-0.4, -0.2) is 22.6 Å². The van der Waals surface area contributed by atoms with Crippen molar-refractivity contribution in [3.05, 3.63) is 10.8 Å². The Morgan fingerprint density at radius 3 is 2.57 bits per heavy atom. The van der Waals surface area contributed by atoms with E-state index in [0.29, 0.717) is 6.04 Å². The van der Waals surface area contributed by atoms with Crippen molar-refractivity contribution in [2.24, 2.45) is 0 Å². The topological polar surface area (TPSA) is 49.8 Å². The van der Waals surface area contributed by atoms with Gasteiger partial charge in [0.2, 0.25) is 0 Å². The van der Waals surface area contributed by atoms with Gasteiger partial charge in [0.15, 0.2) is 0 Å². The third kappa shape index (κ3) is 2.83. The van der Waals surface area contributed by atoms with E-state index < -0.39 is 0 Å². The molecule has 0 aliphatic carbocycles. The number of hydrogen-bond donors (Lipinski definition) is 2. The van der Waals surface area contributed by atoms with Crippen LogP contribution in [-0.2, 0) is 0 Å². The van der Waals surface area contributed by atoms with Gasteiger partial charge in [-0.15, -0.1) is 0 Å². The SMILES string of the molecule is CCNc1ncnc(NC(C)C)c1Br. The van der Waals surface area contributed by atoms with Crippen molar-refractivity contribution in [2.75, 3.05) is 17.2 Å². The Morgan fingerprint density at radius 1 is 1.36 bits per heavy atom. The molecule has 0 saturated carbocycles. The fourth-order valence-corrected chi connectivity index (χ4v) is 1.49. The normalized spacial score (nSPS) is 10.4. The van der Waals surface area contributed by atoms with Crippen molar-refractivity contribution >= 4 is 27.6 Å². The van der Waals surface area contributed by atoms with E-state index in [2.05, 4.69) is 50.4 Å². The highest BCUT2D eigenvalue weighted by Gasteiger charge is 2.07. The summed E-state index contributed by atoms with van der Waals surface area (Å²) in [5.74, 6) is 1.65. The van der Waals surface area contributed by atoms with Gasteiger partial charge in [-0.05, 0) is 36.7 Å². The molecule has 0 radical (unpaired) electrons. The lowest BCUT2D eigenvalue weighted by atomic mass is 10.4. The molecule has 0 aliphatic rings. The average Bonchev–Trinajstić information content (AvgIpc) is 2.11. The van der Waals surface area contributed by atoms with Crippen molar-refractivity contribution in [3.63, 3.8) is 0 Å². The first-order valence-corrected chi connectivity index (χ1v) is 5.45. The molecule has 0 spiro atoms. The molecule has 0 bridgehead atoms. The lowest BCUT2D eigenvalue weighted by Gasteiger charge is -2.12. The number of anilines is 2. The Kier molecular flexibility index (Phi) is 4.13. The quantitative estimate of drug-likeness (QED) is 0.872. The third-order valence-corrected chi connectivity index (χ3v) is 2.31. The maximum absolute atomic E-state index is 4.15. The number of rotatable bonds is 4. The number of aromatic nitrogens is 2. The van der Waals surface area contributed by atoms with Crippen LogP contribution in [0.5, 0.6) is 0 Å². The average molecular weight is 259 g/mol. The Bertz CT molecular complexity index is 301. The molecule has 1 rings (SSSR count). The number of nitrogens with zero attached hydrogens (tertiary/aromatic N) is 2. The van der Waals surface area contributed by atoms with Crippen molar-refractivity contribution in [2.45, 2.75) is 26.8 Å². The molecule has 0 fully saturated rings. The van der Waals surface area contributed by atoms with Crippen LogP contribution < -0.4 is 10.6 Å². The molecular weight excluding hydrogens is 244 g/mol. The highest BCUT2D eigenvalue weighted by atomic mass is 79.9. The summed E-state index contributed by atoms with van der Waals surface area (Å²) in [6.07, 6.45) is 1.55. The number of hydrogen-bond acceptors (Lipinski definition) is 4. The zero-order valence-electron chi connectivity index (χ0n) is 8.63. The zero-order chi connectivity index (χ0) is 10.6. The molecule has 4 nitrogen and oxygen atoms in total. The molecule has 1 aromatic heterocycles. The maximum Gasteiger partial charge on any atom is 0.146 e. The molecule has 1 aromatic rings. The molecule has 14 heavy (non-hydrogen) atoms. The first-order chi connectivity index (χ1) is 6.65. The summed E-state index contributed by atoms with van der Waals surface area (Å²) in [7, 11) is 0. The zero-order valence-corrected chi connectivity index (χ0v) is 10.2. The van der Waals surface area contributed by atoms with Crippen molar-refractivity contribution in [3.8, 4) is 0 Å². The van der Waals surface area contributed by atoms with Gasteiger partial charge in [0, 0.05) is 12.6 Å². The Balaban J connectivity index is 2.89. The molecule has 78 valence electrons. The van der Waals surface area contributed by atoms with Crippen LogP contribution in [0.2, 0.25) is 0 Å². The summed E-state index contributed by atoms with van der Waals surface area (Å²) in [5, 5.41) is 6.39. The minimum Gasteiger partial charge on any atom is -0.369 e. The molecule has 0 saturated heterocycles. The summed E-state index contributed by atoms with van der Waals surface area (Å²) in [6, 6.07) is 0.357. The van der Waals surface area contributed by atoms with Gasteiger partial charge < -0.3 is 10.6 Å². The highest BCUT2D eigenvalue weighted by molar-refractivity contribution is 9.10. The van der Waals surface area contributed by atoms with Gasteiger partial charge in [0.05, 0.1) is 0 Å². The summed E-state index contributed by atoms with van der Waals surface area (Å²) in [6.45, 7) is 7.02. The van der Waals surface area contributed by atoms with Gasteiger partial charge >= 0.3 is 0 Å². The van der Waals surface area contributed by atoms with Gasteiger partial charge in [-0.3, -0.25) is 0 Å². The van der Waals surface area contributed by atoms with Crippen molar-refractivity contribution in [1.82, 2.24) is 9.97 Å². The Labute approximate surface area is 92.7 Å². The van der Waals surface area contributed by atoms with E-state index in [1.165, 1.54) is 0 Å². The van der Waals surface area contributed by atoms with Gasteiger partial charge in [-0.2, -0.15) is 0 Å². The molecule has 0 aromatic carbocycles. The van der Waals surface area contributed by atoms with E-state index >= 15 is 0 Å². The standard InChI is InChI=1S/C9H15BrN4/c1-4-11-8-7(10)9(13-5-12-8)14-6(2)3/h5-6H,4H2,1-3H3,(H2,11,12,13,14). The minimum atomic E-state index is 0.357. The van der Waals surface area contributed by atoms with Crippen LogP contribution in [0.25, 0.3) is 0 Å². The molecule has 0 aliphatic heterocycles. The predicted molar refractivity (Wildman–Crippen MR) is 62.7 cm³/mol. The third-order valence-electron chi connectivity index (χ3n) is 1.56. The molecule has 1 heterocycles. The van der Waals surface area contributed by atoms with Gasteiger partial charge in [0.25, 0.3) is 0 Å². The Hall–Kier alpha value is -0.840. The molecule has 0 amide bonds. The smallest absolute Gasteiger partial charge is 0.146 e. The van der Waals surface area contributed by atoms with Gasteiger partial charge in [-0.1, -0.05) is 0 Å².